The van der Waals surface area contributed by atoms with Gasteiger partial charge in [0.15, 0.2) is 0 Å². The molecule has 1 aromatic heterocycles. The molecule has 0 fully saturated rings. The molecule has 5 nitrogen and oxygen atoms in total. The number of hydrogen-bond acceptors (Lipinski definition) is 4. The molecule has 0 spiro atoms. The second-order valence-electron chi connectivity index (χ2n) is 5.95. The van der Waals surface area contributed by atoms with Crippen LogP contribution in [0.3, 0.4) is 0 Å². The number of halogens is 3. The molecule has 2 N–H and O–H groups in total. The average molecular weight is 416 g/mol. The maximum Gasteiger partial charge on any atom is 0.257 e. The van der Waals surface area contributed by atoms with E-state index in [-0.39, 0.29) is 36.1 Å². The maximum atomic E-state index is 12.6. The molecule has 0 atom stereocenters. The third-order valence-electron chi connectivity index (χ3n) is 3.05. The standard InChI is InChI=1S/C14H23BrN4O.2ClH/c1-14(2,8-16)9-19(5)13(20)11-6-10(15)7-17-12(11)18(3)4;;/h6-7H,8-9,16H2,1-5H3;2*1H. The highest BCUT2D eigenvalue weighted by Crippen LogP contribution is 2.23. The first-order chi connectivity index (χ1) is 9.18. The van der Waals surface area contributed by atoms with Crippen molar-refractivity contribution in [2.24, 2.45) is 11.1 Å². The number of anilines is 1. The molecule has 0 aliphatic heterocycles. The van der Waals surface area contributed by atoms with Gasteiger partial charge in [-0.25, -0.2) is 4.98 Å². The van der Waals surface area contributed by atoms with Crippen LogP contribution in [0.25, 0.3) is 0 Å². The number of rotatable bonds is 5. The molecule has 0 bridgehead atoms. The summed E-state index contributed by atoms with van der Waals surface area (Å²) in [6.07, 6.45) is 1.69. The van der Waals surface area contributed by atoms with Gasteiger partial charge in [-0.2, -0.15) is 0 Å². The number of nitrogens with two attached hydrogens (primary N) is 1. The van der Waals surface area contributed by atoms with Gasteiger partial charge < -0.3 is 15.5 Å². The lowest BCUT2D eigenvalue weighted by Gasteiger charge is -2.29. The second kappa shape index (κ2) is 9.55. The van der Waals surface area contributed by atoms with Crippen LogP contribution in [0.1, 0.15) is 24.2 Å². The minimum absolute atomic E-state index is 0. The van der Waals surface area contributed by atoms with Crippen LogP contribution < -0.4 is 10.6 Å². The molecular weight excluding hydrogens is 391 g/mol. The zero-order valence-electron chi connectivity index (χ0n) is 13.6. The number of pyridine rings is 1. The number of aromatic nitrogens is 1. The first-order valence-corrected chi connectivity index (χ1v) is 7.25. The van der Waals surface area contributed by atoms with Gasteiger partial charge in [0.1, 0.15) is 5.82 Å². The van der Waals surface area contributed by atoms with Gasteiger partial charge in [-0.1, -0.05) is 13.8 Å². The number of amides is 1. The lowest BCUT2D eigenvalue weighted by molar-refractivity contribution is 0.0741. The van der Waals surface area contributed by atoms with Crippen molar-refractivity contribution >= 4 is 52.5 Å². The Hall–Kier alpha value is -0.560. The minimum atomic E-state index is -0.109. The molecular formula is C14H25BrCl2N4O. The first-order valence-electron chi connectivity index (χ1n) is 6.46. The molecule has 22 heavy (non-hydrogen) atoms. The van der Waals surface area contributed by atoms with Crippen LogP contribution in [-0.4, -0.2) is 50.0 Å². The van der Waals surface area contributed by atoms with E-state index in [1.54, 1.807) is 24.2 Å². The van der Waals surface area contributed by atoms with E-state index in [2.05, 4.69) is 20.9 Å². The Kier molecular flexibility index (Phi) is 10.3. The summed E-state index contributed by atoms with van der Waals surface area (Å²) in [5.41, 5.74) is 6.20. The van der Waals surface area contributed by atoms with Crippen molar-refractivity contribution in [2.45, 2.75) is 13.8 Å². The predicted octanol–water partition coefficient (Wildman–Crippen LogP) is 2.81. The summed E-state index contributed by atoms with van der Waals surface area (Å²) in [5, 5.41) is 0. The fraction of sp³-hybridized carbons (Fsp3) is 0.571. The second-order valence-corrected chi connectivity index (χ2v) is 6.86. The van der Waals surface area contributed by atoms with Crippen molar-refractivity contribution < 1.29 is 4.79 Å². The van der Waals surface area contributed by atoms with Gasteiger partial charge in [0.2, 0.25) is 0 Å². The fourth-order valence-corrected chi connectivity index (χ4v) is 2.26. The van der Waals surface area contributed by atoms with Crippen LogP contribution in [0.4, 0.5) is 5.82 Å². The van der Waals surface area contributed by atoms with Crippen molar-refractivity contribution in [3.05, 3.63) is 22.3 Å². The summed E-state index contributed by atoms with van der Waals surface area (Å²) in [7, 11) is 5.54. The van der Waals surface area contributed by atoms with E-state index in [1.165, 1.54) is 0 Å². The SMILES string of the molecule is CN(CC(C)(C)CN)C(=O)c1cc(Br)cnc1N(C)C.Cl.Cl. The Bertz CT molecular complexity index is 498. The number of carbonyl (C=O) groups excluding carboxylic acids is 1. The van der Waals surface area contributed by atoms with Gasteiger partial charge in [-0.3, -0.25) is 4.79 Å². The van der Waals surface area contributed by atoms with Gasteiger partial charge in [0.25, 0.3) is 5.91 Å². The van der Waals surface area contributed by atoms with E-state index in [4.69, 9.17) is 5.73 Å². The number of hydrogen-bond donors (Lipinski definition) is 1. The van der Waals surface area contributed by atoms with Gasteiger partial charge in [0, 0.05) is 38.4 Å². The topological polar surface area (TPSA) is 62.5 Å². The lowest BCUT2D eigenvalue weighted by atomic mass is 9.93. The van der Waals surface area contributed by atoms with Crippen LogP contribution >= 0.6 is 40.7 Å². The molecule has 1 amide bonds. The molecule has 0 radical (unpaired) electrons. The zero-order valence-corrected chi connectivity index (χ0v) is 16.8. The van der Waals surface area contributed by atoms with Gasteiger partial charge in [-0.05, 0) is 34.0 Å². The summed E-state index contributed by atoms with van der Waals surface area (Å²) in [6.45, 7) is 5.22. The predicted molar refractivity (Wildman–Crippen MR) is 101 cm³/mol. The molecule has 0 saturated heterocycles. The lowest BCUT2D eigenvalue weighted by Crippen LogP contribution is -2.40. The summed E-state index contributed by atoms with van der Waals surface area (Å²) >= 11 is 3.37. The normalized spacial score (nSPS) is 10.3. The molecule has 128 valence electrons. The van der Waals surface area contributed by atoms with E-state index >= 15 is 0 Å². The fourth-order valence-electron chi connectivity index (χ4n) is 1.93. The molecule has 0 saturated carbocycles. The maximum absolute atomic E-state index is 12.6. The summed E-state index contributed by atoms with van der Waals surface area (Å²) in [5.74, 6) is 0.611. The van der Waals surface area contributed by atoms with E-state index in [0.717, 1.165) is 4.47 Å². The van der Waals surface area contributed by atoms with E-state index in [9.17, 15) is 4.79 Å². The highest BCUT2D eigenvalue weighted by atomic mass is 79.9. The summed E-state index contributed by atoms with van der Waals surface area (Å²) in [6, 6.07) is 1.80. The van der Waals surface area contributed by atoms with E-state index in [0.29, 0.717) is 24.5 Å². The molecule has 1 rings (SSSR count). The van der Waals surface area contributed by atoms with Crippen molar-refractivity contribution in [1.82, 2.24) is 9.88 Å². The Morgan fingerprint density at radius 1 is 1.32 bits per heavy atom. The van der Waals surface area contributed by atoms with Gasteiger partial charge >= 0.3 is 0 Å². The van der Waals surface area contributed by atoms with E-state index < -0.39 is 0 Å². The molecule has 1 heterocycles. The first kappa shape index (κ1) is 23.7. The molecule has 8 heteroatoms. The van der Waals surface area contributed by atoms with Crippen LogP contribution in [0.15, 0.2) is 16.7 Å². The Morgan fingerprint density at radius 2 is 1.86 bits per heavy atom. The van der Waals surface area contributed by atoms with Crippen molar-refractivity contribution in [2.75, 3.05) is 39.1 Å². The van der Waals surface area contributed by atoms with Crippen molar-refractivity contribution in [3.8, 4) is 0 Å². The van der Waals surface area contributed by atoms with Crippen LogP contribution in [0.5, 0.6) is 0 Å². The Balaban J connectivity index is 0. The van der Waals surface area contributed by atoms with Crippen LogP contribution in [0, 0.1) is 5.41 Å². The van der Waals surface area contributed by atoms with E-state index in [1.807, 2.05) is 32.8 Å². The molecule has 0 aliphatic rings. The van der Waals surface area contributed by atoms with Gasteiger partial charge in [-0.15, -0.1) is 24.8 Å². The monoisotopic (exact) mass is 414 g/mol. The zero-order chi connectivity index (χ0) is 15.5. The highest BCUT2D eigenvalue weighted by molar-refractivity contribution is 9.10. The molecule has 0 aromatic carbocycles. The minimum Gasteiger partial charge on any atom is -0.362 e. The smallest absolute Gasteiger partial charge is 0.257 e. The van der Waals surface area contributed by atoms with Crippen molar-refractivity contribution in [1.29, 1.82) is 0 Å². The molecule has 0 aliphatic carbocycles. The van der Waals surface area contributed by atoms with Crippen LogP contribution in [-0.2, 0) is 0 Å². The highest BCUT2D eigenvalue weighted by Gasteiger charge is 2.24. The van der Waals surface area contributed by atoms with Gasteiger partial charge in [0.05, 0.1) is 5.56 Å². The average Bonchev–Trinajstić information content (AvgIpc) is 2.36. The third-order valence-corrected chi connectivity index (χ3v) is 3.49. The summed E-state index contributed by atoms with van der Waals surface area (Å²) < 4.78 is 0.790. The Labute approximate surface area is 153 Å². The molecule has 0 unspecified atom stereocenters. The third kappa shape index (κ3) is 6.28. The molecule has 1 aromatic rings. The number of carbonyl (C=O) groups is 1. The quantitative estimate of drug-likeness (QED) is 0.802. The van der Waals surface area contributed by atoms with Crippen molar-refractivity contribution in [3.63, 3.8) is 0 Å². The largest absolute Gasteiger partial charge is 0.362 e. The number of nitrogens with zero attached hydrogens (tertiary/aromatic N) is 3. The van der Waals surface area contributed by atoms with Crippen LogP contribution in [0.2, 0.25) is 0 Å². The Morgan fingerprint density at radius 3 is 2.32 bits per heavy atom. The summed E-state index contributed by atoms with van der Waals surface area (Å²) in [4.78, 5) is 20.5.